The van der Waals surface area contributed by atoms with Crippen molar-refractivity contribution in [3.63, 3.8) is 0 Å². The van der Waals surface area contributed by atoms with E-state index >= 15 is 0 Å². The first kappa shape index (κ1) is 17.9. The first-order valence-electron chi connectivity index (χ1n) is 8.64. The molecule has 1 aliphatic rings. The van der Waals surface area contributed by atoms with Gasteiger partial charge in [0.05, 0.1) is 11.3 Å². The summed E-state index contributed by atoms with van der Waals surface area (Å²) in [4.78, 5) is 20.7. The fraction of sp³-hybridized carbons (Fsp3) is 0.263. The number of nitriles is 1. The molecule has 0 bridgehead atoms. The Labute approximate surface area is 159 Å². The summed E-state index contributed by atoms with van der Waals surface area (Å²) in [5, 5.41) is 12.0. The maximum atomic E-state index is 14.2. The lowest BCUT2D eigenvalue weighted by atomic mass is 9.65. The van der Waals surface area contributed by atoms with Crippen LogP contribution in [0, 0.1) is 17.1 Å². The van der Waals surface area contributed by atoms with E-state index in [0.29, 0.717) is 17.3 Å². The van der Waals surface area contributed by atoms with Crippen LogP contribution in [-0.4, -0.2) is 37.6 Å². The van der Waals surface area contributed by atoms with E-state index in [1.54, 1.807) is 0 Å². The highest BCUT2D eigenvalue weighted by atomic mass is 19.1. The third kappa shape index (κ3) is 3.36. The van der Waals surface area contributed by atoms with Gasteiger partial charge in [-0.25, -0.2) is 28.7 Å². The first-order valence-corrected chi connectivity index (χ1v) is 8.64. The number of aromatic nitrogens is 5. The van der Waals surface area contributed by atoms with Crippen molar-refractivity contribution < 1.29 is 8.78 Å². The summed E-state index contributed by atoms with van der Waals surface area (Å²) in [6, 6.07) is 6.30. The highest BCUT2D eigenvalue weighted by Crippen LogP contribution is 2.45. The number of anilines is 1. The molecule has 0 unspecified atom stereocenters. The van der Waals surface area contributed by atoms with Gasteiger partial charge in [-0.2, -0.15) is 5.26 Å². The predicted molar refractivity (Wildman–Crippen MR) is 96.3 cm³/mol. The molecule has 0 radical (unpaired) electrons. The van der Waals surface area contributed by atoms with Crippen LogP contribution in [-0.2, 0) is 5.41 Å². The van der Waals surface area contributed by atoms with E-state index < -0.39 is 17.4 Å². The van der Waals surface area contributed by atoms with Gasteiger partial charge >= 0.3 is 0 Å². The van der Waals surface area contributed by atoms with E-state index in [1.807, 2.05) is 6.07 Å². The second-order valence-corrected chi connectivity index (χ2v) is 6.65. The van der Waals surface area contributed by atoms with Crippen LogP contribution in [0.15, 0.2) is 43.0 Å². The van der Waals surface area contributed by atoms with Gasteiger partial charge in [-0.1, -0.05) is 0 Å². The molecule has 0 aromatic carbocycles. The Bertz CT molecular complexity index is 1030. The van der Waals surface area contributed by atoms with Gasteiger partial charge in [0.25, 0.3) is 0 Å². The maximum Gasteiger partial charge on any atom is 0.222 e. The van der Waals surface area contributed by atoms with Crippen molar-refractivity contribution in [2.24, 2.45) is 0 Å². The summed E-state index contributed by atoms with van der Waals surface area (Å²) in [5.41, 5.74) is 0.337. The molecule has 7 nitrogen and oxygen atoms in total. The van der Waals surface area contributed by atoms with Gasteiger partial charge in [0.15, 0.2) is 5.82 Å². The predicted octanol–water partition coefficient (Wildman–Crippen LogP) is 2.82. The van der Waals surface area contributed by atoms with E-state index in [2.05, 4.69) is 30.2 Å². The standard InChI is InChI=1S/C19H15F2N7/c20-13-6-19(7-13,16-15(21)2-1-4-23-16)11-27-18-25-9-12(10-26-18)17-24-5-3-14(8-22)28-17/h1-5,9-10,13H,6-7,11H2,(H,25,26,27)/t13-,19-. The van der Waals surface area contributed by atoms with Crippen LogP contribution in [0.25, 0.3) is 11.4 Å². The van der Waals surface area contributed by atoms with Crippen molar-refractivity contribution >= 4 is 5.95 Å². The van der Waals surface area contributed by atoms with E-state index in [-0.39, 0.29) is 30.8 Å². The number of halogens is 2. The summed E-state index contributed by atoms with van der Waals surface area (Å²) < 4.78 is 27.8. The van der Waals surface area contributed by atoms with Crippen molar-refractivity contribution in [3.05, 3.63) is 60.2 Å². The molecule has 1 N–H and O–H groups in total. The highest BCUT2D eigenvalue weighted by Gasteiger charge is 2.48. The van der Waals surface area contributed by atoms with Crippen molar-refractivity contribution in [1.82, 2.24) is 24.9 Å². The molecule has 28 heavy (non-hydrogen) atoms. The molecule has 3 aromatic heterocycles. The number of alkyl halides is 1. The van der Waals surface area contributed by atoms with Crippen LogP contribution in [0.4, 0.5) is 14.7 Å². The summed E-state index contributed by atoms with van der Waals surface area (Å²) >= 11 is 0. The molecule has 140 valence electrons. The summed E-state index contributed by atoms with van der Waals surface area (Å²) in [6.07, 6.45) is 5.46. The molecule has 3 aromatic rings. The van der Waals surface area contributed by atoms with Crippen LogP contribution in [0.1, 0.15) is 24.2 Å². The smallest absolute Gasteiger partial charge is 0.222 e. The Morgan fingerprint density at radius 1 is 1.14 bits per heavy atom. The Morgan fingerprint density at radius 2 is 1.93 bits per heavy atom. The summed E-state index contributed by atoms with van der Waals surface area (Å²) in [7, 11) is 0. The van der Waals surface area contributed by atoms with Crippen LogP contribution < -0.4 is 5.32 Å². The Morgan fingerprint density at radius 3 is 2.61 bits per heavy atom. The number of hydrogen-bond donors (Lipinski definition) is 1. The van der Waals surface area contributed by atoms with Crippen molar-refractivity contribution in [3.8, 4) is 17.5 Å². The summed E-state index contributed by atoms with van der Waals surface area (Å²) in [6.45, 7) is 0.265. The largest absolute Gasteiger partial charge is 0.353 e. The van der Waals surface area contributed by atoms with Gasteiger partial charge in [-0.05, 0) is 31.0 Å². The highest BCUT2D eigenvalue weighted by molar-refractivity contribution is 5.53. The molecule has 9 heteroatoms. The molecule has 3 heterocycles. The molecule has 1 aliphatic carbocycles. The molecule has 0 saturated heterocycles. The molecule has 0 aliphatic heterocycles. The fourth-order valence-electron chi connectivity index (χ4n) is 3.33. The van der Waals surface area contributed by atoms with Crippen molar-refractivity contribution in [2.75, 3.05) is 11.9 Å². The number of rotatable bonds is 5. The number of nitrogens with one attached hydrogen (secondary N) is 1. The number of nitrogens with zero attached hydrogens (tertiary/aromatic N) is 6. The van der Waals surface area contributed by atoms with Gasteiger partial charge in [0.2, 0.25) is 5.95 Å². The normalized spacial score (nSPS) is 20.8. The van der Waals surface area contributed by atoms with Crippen LogP contribution >= 0.6 is 0 Å². The lowest BCUT2D eigenvalue weighted by molar-refractivity contribution is 0.0963. The zero-order valence-corrected chi connectivity index (χ0v) is 14.7. The minimum absolute atomic E-state index is 0.195. The number of pyridine rings is 1. The molecule has 1 saturated carbocycles. The SMILES string of the molecule is N#Cc1ccnc(-c2cnc(NC[C@]3(c4ncccc4F)C[C@H](F)C3)nc2)n1. The van der Waals surface area contributed by atoms with Gasteiger partial charge in [-0.3, -0.25) is 4.98 Å². The molecule has 1 fully saturated rings. The fourth-order valence-corrected chi connectivity index (χ4v) is 3.33. The minimum atomic E-state index is -0.976. The molecule has 0 spiro atoms. The van der Waals surface area contributed by atoms with Gasteiger partial charge in [0.1, 0.15) is 23.8 Å². The van der Waals surface area contributed by atoms with E-state index in [4.69, 9.17) is 5.26 Å². The Hall–Kier alpha value is -3.54. The van der Waals surface area contributed by atoms with Gasteiger partial charge < -0.3 is 5.32 Å². The molecule has 0 amide bonds. The summed E-state index contributed by atoms with van der Waals surface area (Å²) in [5.74, 6) is 0.220. The van der Waals surface area contributed by atoms with Crippen LogP contribution in [0.5, 0.6) is 0 Å². The van der Waals surface area contributed by atoms with Crippen molar-refractivity contribution in [1.29, 1.82) is 5.26 Å². The Kier molecular flexibility index (Phi) is 4.61. The minimum Gasteiger partial charge on any atom is -0.353 e. The average Bonchev–Trinajstić information content (AvgIpc) is 2.71. The van der Waals surface area contributed by atoms with Crippen LogP contribution in [0.2, 0.25) is 0 Å². The zero-order valence-electron chi connectivity index (χ0n) is 14.7. The second-order valence-electron chi connectivity index (χ2n) is 6.65. The third-order valence-corrected chi connectivity index (χ3v) is 4.75. The van der Waals surface area contributed by atoms with E-state index in [0.717, 1.165) is 0 Å². The third-order valence-electron chi connectivity index (χ3n) is 4.75. The molecular weight excluding hydrogens is 364 g/mol. The van der Waals surface area contributed by atoms with Crippen LogP contribution in [0.3, 0.4) is 0 Å². The lowest BCUT2D eigenvalue weighted by Gasteiger charge is -2.43. The zero-order chi connectivity index (χ0) is 19.6. The molecule has 0 atom stereocenters. The topological polar surface area (TPSA) is 100 Å². The number of hydrogen-bond acceptors (Lipinski definition) is 7. The van der Waals surface area contributed by atoms with E-state index in [1.165, 1.54) is 43.0 Å². The average molecular weight is 379 g/mol. The second kappa shape index (κ2) is 7.23. The lowest BCUT2D eigenvalue weighted by Crippen LogP contribution is -2.49. The van der Waals surface area contributed by atoms with Gasteiger partial charge in [-0.15, -0.1) is 0 Å². The molecular formula is C19H15F2N7. The Balaban J connectivity index is 1.50. The first-order chi connectivity index (χ1) is 13.6. The van der Waals surface area contributed by atoms with Crippen molar-refractivity contribution in [2.45, 2.75) is 24.4 Å². The maximum absolute atomic E-state index is 14.2. The quantitative estimate of drug-likeness (QED) is 0.727. The monoisotopic (exact) mass is 379 g/mol. The molecule has 4 rings (SSSR count). The van der Waals surface area contributed by atoms with Gasteiger partial charge in [0, 0.05) is 36.7 Å². The van der Waals surface area contributed by atoms with E-state index in [9.17, 15) is 8.78 Å².